The first-order valence-corrected chi connectivity index (χ1v) is 8.29. The van der Waals surface area contributed by atoms with Crippen LogP contribution in [0.5, 0.6) is 5.75 Å². The molecule has 1 heterocycles. The molecule has 1 aromatic carbocycles. The van der Waals surface area contributed by atoms with E-state index in [2.05, 4.69) is 0 Å². The van der Waals surface area contributed by atoms with Crippen LogP contribution in [-0.2, 0) is 16.0 Å². The highest BCUT2D eigenvalue weighted by molar-refractivity contribution is 6.32. The lowest BCUT2D eigenvalue weighted by Crippen LogP contribution is -2.14. The van der Waals surface area contributed by atoms with Gasteiger partial charge < -0.3 is 13.9 Å². The van der Waals surface area contributed by atoms with E-state index >= 15 is 0 Å². The lowest BCUT2D eigenvalue weighted by Gasteiger charge is -2.13. The third kappa shape index (κ3) is 4.09. The normalized spacial score (nSPS) is 11.1. The van der Waals surface area contributed by atoms with Gasteiger partial charge in [-0.3, -0.25) is 4.79 Å². The van der Waals surface area contributed by atoms with Crippen molar-refractivity contribution in [2.24, 2.45) is 0 Å². The molecule has 0 saturated heterocycles. The number of ether oxygens (including phenoxy) is 2. The molecule has 0 amide bonds. The minimum atomic E-state index is -0.456. The number of hydrogen-bond donors (Lipinski definition) is 0. The number of rotatable bonds is 6. The zero-order valence-corrected chi connectivity index (χ0v) is 15.0. The number of carbonyl (C=O) groups excluding carboxylic acids is 1. The van der Waals surface area contributed by atoms with Crippen LogP contribution in [-0.4, -0.2) is 18.7 Å². The van der Waals surface area contributed by atoms with Crippen LogP contribution in [0.2, 0.25) is 5.02 Å². The molecule has 2 rings (SSSR count). The second-order valence-corrected chi connectivity index (χ2v) is 6.15. The molecule has 130 valence electrons. The Kier molecular flexibility index (Phi) is 5.89. The Hall–Kier alpha value is -2.01. The van der Waals surface area contributed by atoms with Crippen molar-refractivity contribution in [2.75, 3.05) is 6.61 Å². The Labute approximate surface area is 145 Å². The lowest BCUT2D eigenvalue weighted by atomic mass is 10.0. The molecule has 0 fully saturated rings. The van der Waals surface area contributed by atoms with Crippen molar-refractivity contribution in [3.63, 3.8) is 0 Å². The molecule has 1 aromatic heterocycles. The van der Waals surface area contributed by atoms with Crippen LogP contribution in [0.1, 0.15) is 38.3 Å². The number of halogens is 1. The molecule has 0 spiro atoms. The van der Waals surface area contributed by atoms with E-state index in [0.29, 0.717) is 28.5 Å². The molecule has 0 saturated carbocycles. The van der Waals surface area contributed by atoms with Crippen molar-refractivity contribution in [1.29, 1.82) is 0 Å². The smallest absolute Gasteiger partial charge is 0.339 e. The molecule has 24 heavy (non-hydrogen) atoms. The van der Waals surface area contributed by atoms with Crippen LogP contribution >= 0.6 is 11.6 Å². The second kappa shape index (κ2) is 7.71. The first-order chi connectivity index (χ1) is 11.3. The van der Waals surface area contributed by atoms with E-state index in [0.717, 1.165) is 10.9 Å². The van der Waals surface area contributed by atoms with Crippen molar-refractivity contribution in [2.45, 2.75) is 46.6 Å². The van der Waals surface area contributed by atoms with Crippen LogP contribution in [0.25, 0.3) is 11.0 Å². The highest BCUT2D eigenvalue weighted by Gasteiger charge is 2.16. The fraction of sp³-hybridized carbons (Fsp3) is 0.444. The number of carbonyl (C=O) groups is 1. The van der Waals surface area contributed by atoms with E-state index in [1.807, 2.05) is 20.8 Å². The van der Waals surface area contributed by atoms with Gasteiger partial charge in [0.05, 0.1) is 17.7 Å². The molecule has 0 aliphatic carbocycles. The summed E-state index contributed by atoms with van der Waals surface area (Å²) in [5.41, 5.74) is 1.17. The molecule has 0 bridgehead atoms. The molecule has 0 radical (unpaired) electrons. The maximum Gasteiger partial charge on any atom is 0.339 e. The third-order valence-corrected chi connectivity index (χ3v) is 3.88. The summed E-state index contributed by atoms with van der Waals surface area (Å²) in [7, 11) is 0. The summed E-state index contributed by atoms with van der Waals surface area (Å²) in [6, 6.07) is 3.35. The van der Waals surface area contributed by atoms with Crippen molar-refractivity contribution in [3.8, 4) is 5.75 Å². The van der Waals surface area contributed by atoms with Gasteiger partial charge in [0.1, 0.15) is 11.3 Å². The maximum absolute atomic E-state index is 12.3. The zero-order chi connectivity index (χ0) is 17.9. The molecular weight excluding hydrogens is 332 g/mol. The van der Waals surface area contributed by atoms with Gasteiger partial charge in [-0.2, -0.15) is 0 Å². The fourth-order valence-corrected chi connectivity index (χ4v) is 2.69. The largest absolute Gasteiger partial charge is 0.489 e. The van der Waals surface area contributed by atoms with E-state index < -0.39 is 5.63 Å². The third-order valence-electron chi connectivity index (χ3n) is 3.59. The average molecular weight is 353 g/mol. The average Bonchev–Trinajstić information content (AvgIpc) is 2.49. The van der Waals surface area contributed by atoms with Gasteiger partial charge in [0.15, 0.2) is 0 Å². The Morgan fingerprint density at radius 1 is 1.33 bits per heavy atom. The standard InChI is InChI=1S/C18H21ClO5/c1-5-22-17(20)7-6-12-11(4)13-8-14(19)16(23-10(2)3)9-15(13)24-18(12)21/h8-10H,5-7H2,1-4H3. The molecule has 0 atom stereocenters. The molecule has 0 aliphatic heterocycles. The van der Waals surface area contributed by atoms with E-state index in [1.54, 1.807) is 19.1 Å². The van der Waals surface area contributed by atoms with Crippen molar-refractivity contribution >= 4 is 28.5 Å². The van der Waals surface area contributed by atoms with Crippen LogP contribution in [0.3, 0.4) is 0 Å². The van der Waals surface area contributed by atoms with Crippen LogP contribution < -0.4 is 10.4 Å². The molecule has 5 nitrogen and oxygen atoms in total. The molecule has 0 aliphatic rings. The van der Waals surface area contributed by atoms with Gasteiger partial charge >= 0.3 is 11.6 Å². The number of aryl methyl sites for hydroxylation is 1. The van der Waals surface area contributed by atoms with E-state index in [9.17, 15) is 9.59 Å². The fourth-order valence-electron chi connectivity index (χ4n) is 2.48. The summed E-state index contributed by atoms with van der Waals surface area (Å²) in [6.07, 6.45) is 0.356. The van der Waals surface area contributed by atoms with Gasteiger partial charge in [-0.15, -0.1) is 0 Å². The van der Waals surface area contributed by atoms with Crippen molar-refractivity contribution in [1.82, 2.24) is 0 Å². The van der Waals surface area contributed by atoms with Crippen LogP contribution in [0.15, 0.2) is 21.3 Å². The first kappa shape index (κ1) is 18.3. The second-order valence-electron chi connectivity index (χ2n) is 5.74. The van der Waals surface area contributed by atoms with Crippen molar-refractivity contribution < 1.29 is 18.7 Å². The lowest BCUT2D eigenvalue weighted by molar-refractivity contribution is -0.143. The minimum absolute atomic E-state index is 0.0448. The van der Waals surface area contributed by atoms with Crippen LogP contribution in [0.4, 0.5) is 0 Å². The Bertz CT molecular complexity index is 807. The van der Waals surface area contributed by atoms with Gasteiger partial charge in [0.2, 0.25) is 0 Å². The van der Waals surface area contributed by atoms with E-state index in [4.69, 9.17) is 25.5 Å². The van der Waals surface area contributed by atoms with Gasteiger partial charge in [-0.05, 0) is 45.7 Å². The highest BCUT2D eigenvalue weighted by Crippen LogP contribution is 2.32. The number of hydrogen-bond acceptors (Lipinski definition) is 5. The summed E-state index contributed by atoms with van der Waals surface area (Å²) < 4.78 is 15.9. The van der Waals surface area contributed by atoms with E-state index in [1.165, 1.54) is 0 Å². The summed E-state index contributed by atoms with van der Waals surface area (Å²) in [5, 5.41) is 1.18. The summed E-state index contributed by atoms with van der Waals surface area (Å²) >= 11 is 6.26. The number of fused-ring (bicyclic) bond motifs is 1. The predicted molar refractivity (Wildman–Crippen MR) is 92.9 cm³/mol. The van der Waals surface area contributed by atoms with Gasteiger partial charge in [0, 0.05) is 23.4 Å². The SMILES string of the molecule is CCOC(=O)CCc1c(C)c2cc(Cl)c(OC(C)C)cc2oc1=O. The number of esters is 1. The Morgan fingerprint density at radius 3 is 2.67 bits per heavy atom. The Balaban J connectivity index is 2.42. The van der Waals surface area contributed by atoms with Gasteiger partial charge in [-0.1, -0.05) is 11.6 Å². The highest BCUT2D eigenvalue weighted by atomic mass is 35.5. The molecule has 6 heteroatoms. The topological polar surface area (TPSA) is 65.7 Å². The summed E-state index contributed by atoms with van der Waals surface area (Å²) in [4.78, 5) is 23.8. The monoisotopic (exact) mass is 352 g/mol. The minimum Gasteiger partial charge on any atom is -0.489 e. The first-order valence-electron chi connectivity index (χ1n) is 7.91. The molecular formula is C18H21ClO5. The Morgan fingerprint density at radius 2 is 2.04 bits per heavy atom. The van der Waals surface area contributed by atoms with E-state index in [-0.39, 0.29) is 24.9 Å². The summed E-state index contributed by atoms with van der Waals surface area (Å²) in [6.45, 7) is 7.66. The molecule has 2 aromatic rings. The van der Waals surface area contributed by atoms with Gasteiger partial charge in [-0.25, -0.2) is 4.79 Å². The quantitative estimate of drug-likeness (QED) is 0.580. The predicted octanol–water partition coefficient (Wildman–Crippen LogP) is 4.04. The maximum atomic E-state index is 12.3. The summed E-state index contributed by atoms with van der Waals surface area (Å²) in [5.74, 6) is 0.135. The van der Waals surface area contributed by atoms with Crippen LogP contribution in [0, 0.1) is 6.92 Å². The zero-order valence-electron chi connectivity index (χ0n) is 14.3. The van der Waals surface area contributed by atoms with Crippen molar-refractivity contribution in [3.05, 3.63) is 38.7 Å². The van der Waals surface area contributed by atoms with Gasteiger partial charge in [0.25, 0.3) is 0 Å². The number of benzene rings is 1. The molecule has 0 N–H and O–H groups in total. The molecule has 0 unspecified atom stereocenters.